The zero-order chi connectivity index (χ0) is 23.8. The summed E-state index contributed by atoms with van der Waals surface area (Å²) >= 11 is 0. The van der Waals surface area contributed by atoms with Gasteiger partial charge in [-0.25, -0.2) is 0 Å². The van der Waals surface area contributed by atoms with Crippen LogP contribution in [0, 0.1) is 0 Å². The fraction of sp³-hybridized carbons (Fsp3) is 0.423. The summed E-state index contributed by atoms with van der Waals surface area (Å²) in [5.74, 6) is 2.74. The Morgan fingerprint density at radius 3 is 2.30 bits per heavy atom. The summed E-state index contributed by atoms with van der Waals surface area (Å²) in [5.41, 5.74) is 3.10. The van der Waals surface area contributed by atoms with E-state index in [1.165, 1.54) is 5.56 Å². The van der Waals surface area contributed by atoms with Crippen LogP contribution in [0.3, 0.4) is 0 Å². The molecule has 7 nitrogen and oxygen atoms in total. The van der Waals surface area contributed by atoms with Gasteiger partial charge in [0.25, 0.3) is 0 Å². The minimum atomic E-state index is -0.176. The largest absolute Gasteiger partial charge is 0.490 e. The van der Waals surface area contributed by atoms with Gasteiger partial charge in [-0.2, -0.15) is 4.98 Å². The van der Waals surface area contributed by atoms with E-state index in [4.69, 9.17) is 14.0 Å². The van der Waals surface area contributed by atoms with Crippen molar-refractivity contribution in [2.45, 2.75) is 59.4 Å². The van der Waals surface area contributed by atoms with Gasteiger partial charge in [0, 0.05) is 18.4 Å². The van der Waals surface area contributed by atoms with Crippen LogP contribution < -0.4 is 14.8 Å². The van der Waals surface area contributed by atoms with Crippen LogP contribution in [0.1, 0.15) is 70.0 Å². The SMILES string of the molecule is CCOc1ccc(C(C)NC(=O)CCc2nc(-c3ccc(C(C)C)cc3)no2)cc1OCC. The van der Waals surface area contributed by atoms with Crippen LogP contribution in [0.4, 0.5) is 0 Å². The summed E-state index contributed by atoms with van der Waals surface area (Å²) in [6.45, 7) is 11.2. The lowest BCUT2D eigenvalue weighted by atomic mass is 10.0. The van der Waals surface area contributed by atoms with E-state index in [1.54, 1.807) is 0 Å². The Morgan fingerprint density at radius 2 is 1.64 bits per heavy atom. The molecule has 1 aromatic heterocycles. The van der Waals surface area contributed by atoms with Gasteiger partial charge in [0.1, 0.15) is 0 Å². The molecule has 1 heterocycles. The first-order valence-corrected chi connectivity index (χ1v) is 11.5. The van der Waals surface area contributed by atoms with Crippen molar-refractivity contribution in [3.63, 3.8) is 0 Å². The molecule has 1 atom stereocenters. The quantitative estimate of drug-likeness (QED) is 0.416. The molecule has 0 aliphatic heterocycles. The lowest BCUT2D eigenvalue weighted by Crippen LogP contribution is -2.26. The number of rotatable bonds is 11. The normalized spacial score (nSPS) is 11.9. The summed E-state index contributed by atoms with van der Waals surface area (Å²) in [4.78, 5) is 16.9. The van der Waals surface area contributed by atoms with Gasteiger partial charge in [-0.3, -0.25) is 4.79 Å². The predicted molar refractivity (Wildman–Crippen MR) is 127 cm³/mol. The topological polar surface area (TPSA) is 86.5 Å². The van der Waals surface area contributed by atoms with Gasteiger partial charge in [-0.1, -0.05) is 49.3 Å². The Balaban J connectivity index is 1.55. The van der Waals surface area contributed by atoms with E-state index in [0.717, 1.165) is 11.1 Å². The van der Waals surface area contributed by atoms with E-state index in [1.807, 2.05) is 51.1 Å². The second-order valence-corrected chi connectivity index (χ2v) is 8.15. The highest BCUT2D eigenvalue weighted by molar-refractivity contribution is 5.76. The summed E-state index contributed by atoms with van der Waals surface area (Å²) < 4.78 is 16.6. The van der Waals surface area contributed by atoms with Crippen LogP contribution in [0.5, 0.6) is 11.5 Å². The van der Waals surface area contributed by atoms with E-state index < -0.39 is 0 Å². The van der Waals surface area contributed by atoms with Gasteiger partial charge in [-0.15, -0.1) is 0 Å². The van der Waals surface area contributed by atoms with Crippen molar-refractivity contribution < 1.29 is 18.8 Å². The van der Waals surface area contributed by atoms with Gasteiger partial charge < -0.3 is 19.3 Å². The second kappa shape index (κ2) is 11.5. The molecule has 33 heavy (non-hydrogen) atoms. The molecule has 3 aromatic rings. The van der Waals surface area contributed by atoms with E-state index >= 15 is 0 Å². The maximum absolute atomic E-state index is 12.5. The summed E-state index contributed by atoms with van der Waals surface area (Å²) in [6, 6.07) is 13.7. The lowest BCUT2D eigenvalue weighted by Gasteiger charge is -2.17. The molecule has 3 rings (SSSR count). The molecule has 0 bridgehead atoms. The number of nitrogens with one attached hydrogen (secondary N) is 1. The molecule has 1 unspecified atom stereocenters. The van der Waals surface area contributed by atoms with E-state index in [2.05, 4.69) is 41.4 Å². The van der Waals surface area contributed by atoms with Crippen molar-refractivity contribution in [3.8, 4) is 22.9 Å². The molecular formula is C26H33N3O4. The smallest absolute Gasteiger partial charge is 0.227 e. The molecule has 0 aliphatic rings. The third kappa shape index (κ3) is 6.57. The molecule has 0 saturated heterocycles. The van der Waals surface area contributed by atoms with Crippen molar-refractivity contribution >= 4 is 5.91 Å². The number of aromatic nitrogens is 2. The number of benzene rings is 2. The number of nitrogens with zero attached hydrogens (tertiary/aromatic N) is 2. The minimum absolute atomic E-state index is 0.0876. The fourth-order valence-corrected chi connectivity index (χ4v) is 3.45. The molecule has 0 aliphatic carbocycles. The standard InChI is InChI=1S/C26H33N3O4/c1-6-31-22-13-12-21(16-23(22)32-7-2)18(5)27-24(30)14-15-25-28-26(29-33-25)20-10-8-19(9-11-20)17(3)4/h8-13,16-18H,6-7,14-15H2,1-5H3,(H,27,30). The molecule has 2 aromatic carbocycles. The molecule has 0 saturated carbocycles. The number of ether oxygens (including phenoxy) is 2. The van der Waals surface area contributed by atoms with Crippen LogP contribution in [-0.2, 0) is 11.2 Å². The monoisotopic (exact) mass is 451 g/mol. The van der Waals surface area contributed by atoms with Crippen molar-refractivity contribution in [1.82, 2.24) is 15.5 Å². The third-order valence-corrected chi connectivity index (χ3v) is 5.31. The van der Waals surface area contributed by atoms with Crippen LogP contribution >= 0.6 is 0 Å². The Hall–Kier alpha value is -3.35. The van der Waals surface area contributed by atoms with Crippen molar-refractivity contribution in [3.05, 3.63) is 59.5 Å². The number of carbonyl (C=O) groups excluding carboxylic acids is 1. The lowest BCUT2D eigenvalue weighted by molar-refractivity contribution is -0.121. The summed E-state index contributed by atoms with van der Waals surface area (Å²) in [5, 5.41) is 7.07. The van der Waals surface area contributed by atoms with Gasteiger partial charge in [-0.05, 0) is 49.9 Å². The second-order valence-electron chi connectivity index (χ2n) is 8.15. The first-order chi connectivity index (χ1) is 15.9. The van der Waals surface area contributed by atoms with Crippen molar-refractivity contribution in [2.75, 3.05) is 13.2 Å². The van der Waals surface area contributed by atoms with Crippen molar-refractivity contribution in [2.24, 2.45) is 0 Å². The molecule has 0 spiro atoms. The number of aryl methyl sites for hydroxylation is 1. The summed E-state index contributed by atoms with van der Waals surface area (Å²) in [7, 11) is 0. The Bertz CT molecular complexity index is 1040. The third-order valence-electron chi connectivity index (χ3n) is 5.31. The molecule has 176 valence electrons. The van der Waals surface area contributed by atoms with E-state index in [0.29, 0.717) is 48.8 Å². The van der Waals surface area contributed by atoms with Crippen LogP contribution in [0.15, 0.2) is 47.0 Å². The molecular weight excluding hydrogens is 418 g/mol. The van der Waals surface area contributed by atoms with E-state index in [9.17, 15) is 4.79 Å². The molecule has 7 heteroatoms. The van der Waals surface area contributed by atoms with Crippen LogP contribution in [-0.4, -0.2) is 29.3 Å². The highest BCUT2D eigenvalue weighted by Crippen LogP contribution is 2.30. The molecule has 1 N–H and O–H groups in total. The average Bonchev–Trinajstić information content (AvgIpc) is 3.28. The van der Waals surface area contributed by atoms with Crippen LogP contribution in [0.2, 0.25) is 0 Å². The zero-order valence-corrected chi connectivity index (χ0v) is 20.1. The Morgan fingerprint density at radius 1 is 0.970 bits per heavy atom. The number of amides is 1. The molecule has 0 radical (unpaired) electrons. The Labute approximate surface area is 195 Å². The predicted octanol–water partition coefficient (Wildman–Crippen LogP) is 5.47. The average molecular weight is 452 g/mol. The fourth-order valence-electron chi connectivity index (χ4n) is 3.45. The highest BCUT2D eigenvalue weighted by atomic mass is 16.5. The van der Waals surface area contributed by atoms with Gasteiger partial charge >= 0.3 is 0 Å². The van der Waals surface area contributed by atoms with Gasteiger partial charge in [0.05, 0.1) is 19.3 Å². The van der Waals surface area contributed by atoms with Crippen molar-refractivity contribution in [1.29, 1.82) is 0 Å². The van der Waals surface area contributed by atoms with Gasteiger partial charge in [0.2, 0.25) is 17.6 Å². The maximum atomic E-state index is 12.5. The summed E-state index contributed by atoms with van der Waals surface area (Å²) in [6.07, 6.45) is 0.636. The maximum Gasteiger partial charge on any atom is 0.227 e. The first-order valence-electron chi connectivity index (χ1n) is 11.5. The first kappa shape index (κ1) is 24.3. The number of hydrogen-bond donors (Lipinski definition) is 1. The molecule has 1 amide bonds. The zero-order valence-electron chi connectivity index (χ0n) is 20.1. The number of carbonyl (C=O) groups is 1. The Kier molecular flexibility index (Phi) is 8.46. The van der Waals surface area contributed by atoms with Crippen LogP contribution in [0.25, 0.3) is 11.4 Å². The molecule has 0 fully saturated rings. The highest BCUT2D eigenvalue weighted by Gasteiger charge is 2.15. The number of hydrogen-bond acceptors (Lipinski definition) is 6. The minimum Gasteiger partial charge on any atom is -0.490 e. The van der Waals surface area contributed by atoms with Gasteiger partial charge in [0.15, 0.2) is 11.5 Å². The van der Waals surface area contributed by atoms with E-state index in [-0.39, 0.29) is 18.4 Å².